The minimum Gasteiger partial charge on any atom is -0.461 e. The van der Waals surface area contributed by atoms with E-state index in [4.69, 9.17) is 18.9 Å². The number of carbonyl (C=O) groups is 4. The lowest BCUT2D eigenvalue weighted by Crippen LogP contribution is -2.69. The molecule has 12 nitrogen and oxygen atoms in total. The van der Waals surface area contributed by atoms with Gasteiger partial charge in [0, 0.05) is 46.5 Å². The zero-order valence-corrected chi connectivity index (χ0v) is 28.4. The predicted molar refractivity (Wildman–Crippen MR) is 165 cm³/mol. The fourth-order valence-electron chi connectivity index (χ4n) is 12.6. The molecule has 0 aromatic heterocycles. The van der Waals surface area contributed by atoms with Crippen molar-refractivity contribution in [3.8, 4) is 0 Å². The fourth-order valence-corrected chi connectivity index (χ4v) is 12.6. The molecular weight excluding hydrogens is 636 g/mol. The smallest absolute Gasteiger partial charge is 0.338 e. The number of allylic oxidation sites excluding steroid dienone is 1. The molecule has 9 aliphatic rings. The van der Waals surface area contributed by atoms with Crippen LogP contribution in [-0.4, -0.2) is 86.2 Å². The molecule has 0 saturated heterocycles. The number of aliphatic hydroxyl groups excluding tert-OH is 1. The zero-order chi connectivity index (χ0) is 35.2. The highest BCUT2D eigenvalue weighted by Crippen LogP contribution is 2.84. The van der Waals surface area contributed by atoms with E-state index >= 15 is 0 Å². The zero-order valence-electron chi connectivity index (χ0n) is 28.4. The van der Waals surface area contributed by atoms with E-state index in [1.54, 1.807) is 26.8 Å². The van der Waals surface area contributed by atoms with Crippen molar-refractivity contribution in [1.29, 1.82) is 0 Å². The summed E-state index contributed by atoms with van der Waals surface area (Å²) >= 11 is 0. The molecule has 0 bridgehead atoms. The van der Waals surface area contributed by atoms with Crippen molar-refractivity contribution in [2.24, 2.45) is 46.3 Å². The number of ether oxygens (including phenoxy) is 4. The molecule has 262 valence electrons. The van der Waals surface area contributed by atoms with Crippen LogP contribution in [0.3, 0.4) is 0 Å². The monoisotopic (exact) mass is 678 g/mol. The summed E-state index contributed by atoms with van der Waals surface area (Å²) in [6, 6.07) is 0. The Morgan fingerprint density at radius 2 is 1.63 bits per heavy atom. The highest BCUT2D eigenvalue weighted by molar-refractivity contribution is 5.98. The average Bonchev–Trinajstić information content (AvgIpc) is 3.95. The van der Waals surface area contributed by atoms with Gasteiger partial charge < -0.3 is 39.4 Å². The molecule has 0 aromatic carbocycles. The average molecular weight is 679 g/mol. The van der Waals surface area contributed by atoms with Crippen LogP contribution < -0.4 is 0 Å². The summed E-state index contributed by atoms with van der Waals surface area (Å²) in [6.07, 6.45) is 1.49. The summed E-state index contributed by atoms with van der Waals surface area (Å²) in [6.45, 7) is 9.25. The third kappa shape index (κ3) is 3.23. The van der Waals surface area contributed by atoms with E-state index in [0.717, 1.165) is 0 Å². The molecule has 13 atom stereocenters. The Morgan fingerprint density at radius 1 is 0.939 bits per heavy atom. The summed E-state index contributed by atoms with van der Waals surface area (Å²) in [5.41, 5.74) is -4.87. The third-order valence-corrected chi connectivity index (χ3v) is 14.9. The second kappa shape index (κ2) is 8.93. The number of rotatable bonds is 5. The van der Waals surface area contributed by atoms with Gasteiger partial charge in [-0.25, -0.2) is 14.4 Å². The summed E-state index contributed by atoms with van der Waals surface area (Å²) in [5.74, 6) is -7.23. The first-order chi connectivity index (χ1) is 22.9. The largest absolute Gasteiger partial charge is 0.461 e. The lowest BCUT2D eigenvalue weighted by molar-refractivity contribution is -0.244. The molecule has 2 heterocycles. The molecule has 5 saturated carbocycles. The van der Waals surface area contributed by atoms with Gasteiger partial charge in [-0.3, -0.25) is 4.79 Å². The van der Waals surface area contributed by atoms with Gasteiger partial charge in [-0.1, -0.05) is 19.9 Å². The normalized spacial score (nSPS) is 50.8. The molecule has 1 spiro atoms. The number of hydrogen-bond acceptors (Lipinski definition) is 12. The van der Waals surface area contributed by atoms with E-state index in [2.05, 4.69) is 6.92 Å². The van der Waals surface area contributed by atoms with Crippen LogP contribution in [0.2, 0.25) is 0 Å². The maximum Gasteiger partial charge on any atom is 0.338 e. The Morgan fingerprint density at radius 3 is 2.31 bits per heavy atom. The van der Waals surface area contributed by atoms with Gasteiger partial charge in [-0.05, 0) is 86.7 Å². The van der Waals surface area contributed by atoms with Gasteiger partial charge in [0.05, 0.1) is 11.2 Å². The first kappa shape index (κ1) is 31.6. The molecule has 4 N–H and O–H groups in total. The Bertz CT molecular complexity index is 1850. The number of hydrogen-bond donors (Lipinski definition) is 4. The lowest BCUT2D eigenvalue weighted by atomic mass is 9.42. The number of carbonyl (C=O) groups excluding carboxylic acids is 4. The van der Waals surface area contributed by atoms with Crippen LogP contribution >= 0.6 is 0 Å². The summed E-state index contributed by atoms with van der Waals surface area (Å²) in [4.78, 5) is 52.3. The molecular formula is C37H42O12. The van der Waals surface area contributed by atoms with Crippen molar-refractivity contribution in [3.05, 3.63) is 45.1 Å². The van der Waals surface area contributed by atoms with E-state index in [9.17, 15) is 39.6 Å². The van der Waals surface area contributed by atoms with Gasteiger partial charge in [0.25, 0.3) is 5.79 Å². The molecule has 2 aliphatic heterocycles. The van der Waals surface area contributed by atoms with Crippen LogP contribution in [0, 0.1) is 46.3 Å². The van der Waals surface area contributed by atoms with E-state index in [1.807, 2.05) is 0 Å². The van der Waals surface area contributed by atoms with Crippen LogP contribution in [0.4, 0.5) is 0 Å². The van der Waals surface area contributed by atoms with Crippen molar-refractivity contribution in [3.63, 3.8) is 0 Å². The Kier molecular flexibility index (Phi) is 5.77. The highest BCUT2D eigenvalue weighted by Gasteiger charge is 2.87. The van der Waals surface area contributed by atoms with Crippen molar-refractivity contribution in [1.82, 2.24) is 0 Å². The number of esters is 4. The second-order valence-electron chi connectivity index (χ2n) is 16.6. The van der Waals surface area contributed by atoms with E-state index in [0.29, 0.717) is 35.1 Å². The summed E-state index contributed by atoms with van der Waals surface area (Å²) in [7, 11) is 0. The van der Waals surface area contributed by atoms with Crippen LogP contribution in [0.15, 0.2) is 45.1 Å². The molecule has 0 amide bonds. The molecule has 7 aliphatic carbocycles. The van der Waals surface area contributed by atoms with Gasteiger partial charge in [-0.2, -0.15) is 0 Å². The molecule has 5 fully saturated rings. The van der Waals surface area contributed by atoms with E-state index < -0.39 is 81.8 Å². The molecule has 0 radical (unpaired) electrons. The van der Waals surface area contributed by atoms with E-state index in [1.165, 1.54) is 13.8 Å². The van der Waals surface area contributed by atoms with Gasteiger partial charge >= 0.3 is 23.9 Å². The predicted octanol–water partition coefficient (Wildman–Crippen LogP) is 1.70. The van der Waals surface area contributed by atoms with Crippen molar-refractivity contribution in [2.75, 3.05) is 13.2 Å². The molecule has 0 unspecified atom stereocenters. The maximum absolute atomic E-state index is 14.2. The minimum absolute atomic E-state index is 0.000602. The van der Waals surface area contributed by atoms with Crippen molar-refractivity contribution >= 4 is 23.9 Å². The van der Waals surface area contributed by atoms with Crippen molar-refractivity contribution in [2.45, 2.75) is 95.9 Å². The van der Waals surface area contributed by atoms with Gasteiger partial charge in [-0.15, -0.1) is 0 Å². The summed E-state index contributed by atoms with van der Waals surface area (Å²) < 4.78 is 23.3. The van der Waals surface area contributed by atoms with Crippen LogP contribution in [0.25, 0.3) is 0 Å². The molecule has 49 heavy (non-hydrogen) atoms. The summed E-state index contributed by atoms with van der Waals surface area (Å²) in [5, 5.41) is 49.9. The Balaban J connectivity index is 1.31. The van der Waals surface area contributed by atoms with Crippen LogP contribution in [-0.2, 0) is 38.1 Å². The van der Waals surface area contributed by atoms with Crippen LogP contribution in [0.1, 0.15) is 67.2 Å². The third-order valence-electron chi connectivity index (χ3n) is 14.9. The number of aliphatic hydroxyl groups is 4. The maximum atomic E-state index is 14.2. The van der Waals surface area contributed by atoms with Gasteiger partial charge in [0.1, 0.15) is 24.9 Å². The highest BCUT2D eigenvalue weighted by atomic mass is 16.7. The van der Waals surface area contributed by atoms with Crippen LogP contribution in [0.5, 0.6) is 0 Å². The minimum atomic E-state index is -2.46. The first-order valence-corrected chi connectivity index (χ1v) is 17.3. The molecule has 0 aromatic rings. The Hall–Kier alpha value is -3.32. The lowest BCUT2D eigenvalue weighted by Gasteiger charge is -2.64. The first-order valence-electron chi connectivity index (χ1n) is 17.3. The SMILES string of the molecule is C/C=C(\C)C(=O)OC[C@]1(O)[C@H]2C[C@H]2[C@]2(C)[C@@H]3C[C@@]4(O)C5=C(C6=C(C)C(=O)O[C@]6(O)[C@H](O)[C@@]5(C)[C@@H]5C[C@@H]54)[C@@]34OC(=O)C(COC(C)=O)=C4C[C@@H]12. The second-order valence-corrected chi connectivity index (χ2v) is 16.6. The standard InChI is InChI=1S/C37H42O12/c1-7-14(2)28(39)47-13-35(44)22-8-19(22)32(5)23(35)10-18-17(12-46-16(4)38)30(41)48-36(18)24(32)11-34(43)21-9-20(21)33(6)27(34)26(36)25-15(3)29(40)49-37(25,45)31(33)42/h7,19-24,31,42-45H,8-13H2,1-6H3/b14-7+/t19-,20-,21+,22+,23-,24+,31-,32+,33+,34+,35+,36+,37+/m1/s1. The van der Waals surface area contributed by atoms with Gasteiger partial charge in [0.2, 0.25) is 0 Å². The quantitative estimate of drug-likeness (QED) is 0.188. The molecule has 9 rings (SSSR count). The van der Waals surface area contributed by atoms with Crippen molar-refractivity contribution < 1.29 is 58.6 Å². The topological polar surface area (TPSA) is 186 Å². The van der Waals surface area contributed by atoms with E-state index in [-0.39, 0.29) is 59.8 Å². The fraction of sp³-hybridized carbons (Fsp3) is 0.676. The Labute approximate surface area is 282 Å². The number of fused-ring (bicyclic) bond motifs is 9. The molecule has 12 heteroatoms. The van der Waals surface area contributed by atoms with Gasteiger partial charge in [0.15, 0.2) is 5.60 Å².